The molecule has 0 heterocycles. The Labute approximate surface area is 168 Å². The smallest absolute Gasteiger partial charge is 0.261 e. The highest BCUT2D eigenvalue weighted by atomic mass is 79.9. The van der Waals surface area contributed by atoms with Crippen LogP contribution in [0.15, 0.2) is 82.2 Å². The van der Waals surface area contributed by atoms with Crippen molar-refractivity contribution in [3.8, 4) is 0 Å². The van der Waals surface area contributed by atoms with E-state index in [1.165, 1.54) is 0 Å². The molecule has 0 atom stereocenters. The van der Waals surface area contributed by atoms with Gasteiger partial charge in [0, 0.05) is 22.2 Å². The normalized spacial score (nSPS) is 11.2. The fourth-order valence-electron chi connectivity index (χ4n) is 2.68. The number of halogens is 1. The highest BCUT2D eigenvalue weighted by Crippen LogP contribution is 2.24. The first kappa shape index (κ1) is 19.3. The predicted molar refractivity (Wildman–Crippen MR) is 113 cm³/mol. The summed E-state index contributed by atoms with van der Waals surface area (Å²) >= 11 is 3.49. The Morgan fingerprint density at radius 1 is 0.963 bits per heavy atom. The van der Waals surface area contributed by atoms with Gasteiger partial charge in [-0.1, -0.05) is 70.0 Å². The zero-order chi connectivity index (χ0) is 19.4. The molecule has 0 bridgehead atoms. The molecule has 0 aromatic heterocycles. The van der Waals surface area contributed by atoms with E-state index in [-0.39, 0.29) is 4.90 Å². The van der Waals surface area contributed by atoms with Gasteiger partial charge in [-0.2, -0.15) is 0 Å². The minimum atomic E-state index is -3.72. The van der Waals surface area contributed by atoms with Crippen molar-refractivity contribution >= 4 is 37.4 Å². The van der Waals surface area contributed by atoms with E-state index >= 15 is 0 Å². The molecule has 3 aromatic carbocycles. The molecule has 0 radical (unpaired) electrons. The lowest BCUT2D eigenvalue weighted by Gasteiger charge is -2.14. The Bertz CT molecular complexity index is 1080. The molecule has 0 unspecified atom stereocenters. The van der Waals surface area contributed by atoms with Gasteiger partial charge in [-0.3, -0.25) is 4.72 Å². The lowest BCUT2D eigenvalue weighted by atomic mass is 10.0. The molecule has 6 heteroatoms. The number of para-hydroxylation sites is 1. The second-order valence-electron chi connectivity index (χ2n) is 6.21. The van der Waals surface area contributed by atoms with E-state index in [0.29, 0.717) is 23.4 Å². The molecule has 3 rings (SSSR count). The maximum atomic E-state index is 12.7. The van der Waals surface area contributed by atoms with Crippen LogP contribution < -0.4 is 4.72 Å². The molecule has 0 amide bonds. The van der Waals surface area contributed by atoms with Gasteiger partial charge in [-0.15, -0.1) is 0 Å². The molecule has 0 saturated heterocycles. The number of anilines is 1. The first-order valence-corrected chi connectivity index (χ1v) is 10.6. The van der Waals surface area contributed by atoms with Crippen molar-refractivity contribution in [2.45, 2.75) is 18.2 Å². The number of nitrogens with one attached hydrogen (secondary N) is 2. The van der Waals surface area contributed by atoms with Gasteiger partial charge in [-0.25, -0.2) is 8.42 Å². The van der Waals surface area contributed by atoms with Crippen molar-refractivity contribution in [2.75, 3.05) is 4.72 Å². The van der Waals surface area contributed by atoms with Gasteiger partial charge in [0.25, 0.3) is 10.0 Å². The van der Waals surface area contributed by atoms with Crippen molar-refractivity contribution < 1.29 is 8.42 Å². The van der Waals surface area contributed by atoms with Crippen LogP contribution in [0.5, 0.6) is 0 Å². The lowest BCUT2D eigenvalue weighted by molar-refractivity contribution is 0.601. The summed E-state index contributed by atoms with van der Waals surface area (Å²) in [6.45, 7) is 1.90. The van der Waals surface area contributed by atoms with Crippen molar-refractivity contribution in [2.24, 2.45) is 0 Å². The number of aryl methyl sites for hydroxylation is 1. The number of hydrogen-bond acceptors (Lipinski definition) is 3. The molecule has 138 valence electrons. The van der Waals surface area contributed by atoms with Crippen LogP contribution in [-0.2, 0) is 16.4 Å². The summed E-state index contributed by atoms with van der Waals surface area (Å²) in [7, 11) is -3.72. The average Bonchev–Trinajstić information content (AvgIpc) is 2.64. The molecule has 2 N–H and O–H groups in total. The van der Waals surface area contributed by atoms with Gasteiger partial charge < -0.3 is 5.41 Å². The number of sulfonamides is 1. The van der Waals surface area contributed by atoms with E-state index in [9.17, 15) is 8.42 Å². The minimum absolute atomic E-state index is 0.195. The Hall–Kier alpha value is -2.44. The predicted octanol–water partition coefficient (Wildman–Crippen LogP) is 5.17. The summed E-state index contributed by atoms with van der Waals surface area (Å²) in [4.78, 5) is 0.195. The van der Waals surface area contributed by atoms with Crippen LogP contribution in [0.2, 0.25) is 0 Å². The Balaban J connectivity index is 1.89. The van der Waals surface area contributed by atoms with Crippen molar-refractivity contribution in [3.63, 3.8) is 0 Å². The molecule has 0 aliphatic carbocycles. The zero-order valence-electron chi connectivity index (χ0n) is 14.7. The molecule has 0 aliphatic heterocycles. The molecular weight excluding hydrogens is 424 g/mol. The molecule has 0 aliphatic rings. The molecule has 3 aromatic rings. The fraction of sp³-hybridized carbons (Fsp3) is 0.0952. The summed E-state index contributed by atoms with van der Waals surface area (Å²) in [6, 6.07) is 21.4. The van der Waals surface area contributed by atoms with Gasteiger partial charge in [0.05, 0.1) is 10.6 Å². The van der Waals surface area contributed by atoms with Crippen molar-refractivity contribution in [1.82, 2.24) is 0 Å². The van der Waals surface area contributed by atoms with E-state index in [2.05, 4.69) is 20.7 Å². The maximum Gasteiger partial charge on any atom is 0.261 e. The Morgan fingerprint density at radius 2 is 1.59 bits per heavy atom. The van der Waals surface area contributed by atoms with Crippen LogP contribution in [0.1, 0.15) is 16.7 Å². The highest BCUT2D eigenvalue weighted by Gasteiger charge is 2.17. The third-order valence-electron chi connectivity index (χ3n) is 4.15. The monoisotopic (exact) mass is 442 g/mol. The number of benzene rings is 3. The molecule has 0 spiro atoms. The van der Waals surface area contributed by atoms with E-state index in [4.69, 9.17) is 5.41 Å². The van der Waals surface area contributed by atoms with Gasteiger partial charge >= 0.3 is 0 Å². The van der Waals surface area contributed by atoms with E-state index in [0.717, 1.165) is 15.6 Å². The van der Waals surface area contributed by atoms with Crippen LogP contribution in [0.25, 0.3) is 0 Å². The van der Waals surface area contributed by atoms with Crippen molar-refractivity contribution in [1.29, 1.82) is 5.41 Å². The van der Waals surface area contributed by atoms with Crippen LogP contribution in [0, 0.1) is 12.3 Å². The van der Waals surface area contributed by atoms with Crippen molar-refractivity contribution in [3.05, 3.63) is 94.0 Å². The SMILES string of the molecule is Cc1ccc(S(=O)(=O)Nc2ccccc2C(=N)Cc2ccccc2Br)cc1. The highest BCUT2D eigenvalue weighted by molar-refractivity contribution is 9.10. The zero-order valence-corrected chi connectivity index (χ0v) is 17.1. The molecular formula is C21H19BrN2O2S. The Kier molecular flexibility index (Phi) is 5.77. The fourth-order valence-corrected chi connectivity index (χ4v) is 4.19. The number of rotatable bonds is 6. The second-order valence-corrected chi connectivity index (χ2v) is 8.75. The van der Waals surface area contributed by atoms with E-state index < -0.39 is 10.0 Å². The third-order valence-corrected chi connectivity index (χ3v) is 6.31. The summed E-state index contributed by atoms with van der Waals surface area (Å²) in [5.41, 5.74) is 3.26. The first-order valence-electron chi connectivity index (χ1n) is 8.36. The standard InChI is InChI=1S/C21H19BrN2O2S/c1-15-10-12-17(13-11-15)27(25,26)24-21-9-5-3-7-18(21)20(23)14-16-6-2-4-8-19(16)22/h2-13,23-24H,14H2,1H3. The van der Waals surface area contributed by atoms with Crippen LogP contribution >= 0.6 is 15.9 Å². The summed E-state index contributed by atoms with van der Waals surface area (Å²) in [5, 5.41) is 8.49. The van der Waals surface area contributed by atoms with Crippen LogP contribution in [0.3, 0.4) is 0 Å². The van der Waals surface area contributed by atoms with Crippen LogP contribution in [0.4, 0.5) is 5.69 Å². The van der Waals surface area contributed by atoms with Gasteiger partial charge in [0.2, 0.25) is 0 Å². The van der Waals surface area contributed by atoms with Gasteiger partial charge in [0.15, 0.2) is 0 Å². The lowest BCUT2D eigenvalue weighted by Crippen LogP contribution is -2.16. The van der Waals surface area contributed by atoms with E-state index in [1.807, 2.05) is 31.2 Å². The number of hydrogen-bond donors (Lipinski definition) is 2. The van der Waals surface area contributed by atoms with Gasteiger partial charge in [0.1, 0.15) is 0 Å². The van der Waals surface area contributed by atoms with Gasteiger partial charge in [-0.05, 0) is 36.8 Å². The summed E-state index contributed by atoms with van der Waals surface area (Å²) in [5.74, 6) is 0. The van der Waals surface area contributed by atoms with Crippen LogP contribution in [-0.4, -0.2) is 14.1 Å². The third kappa shape index (κ3) is 4.64. The average molecular weight is 443 g/mol. The molecule has 4 nitrogen and oxygen atoms in total. The molecule has 0 fully saturated rings. The topological polar surface area (TPSA) is 70.0 Å². The Morgan fingerprint density at radius 3 is 2.30 bits per heavy atom. The largest absolute Gasteiger partial charge is 0.304 e. The maximum absolute atomic E-state index is 12.7. The summed E-state index contributed by atoms with van der Waals surface area (Å²) < 4.78 is 29.0. The molecule has 0 saturated carbocycles. The quantitative estimate of drug-likeness (QED) is 0.516. The molecule has 27 heavy (non-hydrogen) atoms. The second kappa shape index (κ2) is 8.06. The minimum Gasteiger partial charge on any atom is -0.304 e. The first-order chi connectivity index (χ1) is 12.9. The summed E-state index contributed by atoms with van der Waals surface area (Å²) in [6.07, 6.45) is 0.394. The van der Waals surface area contributed by atoms with E-state index in [1.54, 1.807) is 48.5 Å².